The average Bonchev–Trinajstić information content (AvgIpc) is 3.59. The molecule has 4 aliphatic heterocycles. The molecule has 0 aromatic heterocycles. The summed E-state index contributed by atoms with van der Waals surface area (Å²) in [6, 6.07) is 15.6. The van der Waals surface area contributed by atoms with Gasteiger partial charge in [0.1, 0.15) is 53.0 Å². The first-order valence-electron chi connectivity index (χ1n) is 16.0. The number of phenolic OH excluding ortho intramolecular Hbond substituents is 3. The molecule has 264 valence electrons. The van der Waals surface area contributed by atoms with Gasteiger partial charge in [-0.05, 0) is 66.9 Å². The standard InChI is InChI=1S/C36H36O14/c1-17-14-23(39)26-24(15-17)46-31(20-7-11-22(38)12-8-20)33(36(26)49-30-18(2)45-34(43)32(30)50-36)48-35-29(42)28(41)27(40)25(47-35)16-44-13-3-4-19-5-9-21(37)10-6-19/h3-12,14-15,18,25,27-29,31,33,35,37-42H,13,16H2,1-2H3/b4-3+. The number of carbonyl (C=O) groups excluding carboxylic acids is 1. The van der Waals surface area contributed by atoms with E-state index in [1.807, 2.05) is 0 Å². The predicted molar refractivity (Wildman–Crippen MR) is 170 cm³/mol. The number of aliphatic hydroxyl groups excluding tert-OH is 3. The van der Waals surface area contributed by atoms with Gasteiger partial charge in [0.05, 0.1) is 13.2 Å². The minimum atomic E-state index is -2.11. The summed E-state index contributed by atoms with van der Waals surface area (Å²) in [6.45, 7) is 3.21. The second-order valence-corrected chi connectivity index (χ2v) is 12.5. The molecule has 9 unspecified atom stereocenters. The molecular weight excluding hydrogens is 656 g/mol. The van der Waals surface area contributed by atoms with Crippen molar-refractivity contribution < 1.29 is 68.6 Å². The van der Waals surface area contributed by atoms with E-state index in [1.54, 1.807) is 68.5 Å². The number of hydrogen-bond donors (Lipinski definition) is 6. The molecule has 0 aliphatic carbocycles. The van der Waals surface area contributed by atoms with Crippen LogP contribution in [-0.4, -0.2) is 92.7 Å². The fourth-order valence-corrected chi connectivity index (χ4v) is 6.45. The van der Waals surface area contributed by atoms with Gasteiger partial charge in [0.25, 0.3) is 5.76 Å². The van der Waals surface area contributed by atoms with E-state index in [-0.39, 0.29) is 53.3 Å². The third-order valence-electron chi connectivity index (χ3n) is 8.93. The minimum Gasteiger partial charge on any atom is -0.508 e. The van der Waals surface area contributed by atoms with Gasteiger partial charge < -0.3 is 63.8 Å². The van der Waals surface area contributed by atoms with Crippen LogP contribution in [0.5, 0.6) is 23.0 Å². The van der Waals surface area contributed by atoms with Crippen molar-refractivity contribution in [3.8, 4) is 23.0 Å². The van der Waals surface area contributed by atoms with E-state index in [2.05, 4.69) is 0 Å². The molecular formula is C36H36O14. The normalized spacial score (nSPS) is 31.6. The first-order valence-corrected chi connectivity index (χ1v) is 16.0. The summed E-state index contributed by atoms with van der Waals surface area (Å²) >= 11 is 0. The third-order valence-corrected chi connectivity index (χ3v) is 8.93. The molecule has 6 N–H and O–H groups in total. The van der Waals surface area contributed by atoms with Crippen molar-refractivity contribution in [2.75, 3.05) is 13.2 Å². The molecule has 3 aromatic carbocycles. The lowest BCUT2D eigenvalue weighted by Gasteiger charge is -2.48. The van der Waals surface area contributed by atoms with Crippen LogP contribution >= 0.6 is 0 Å². The van der Waals surface area contributed by atoms with Crippen LogP contribution in [0.2, 0.25) is 0 Å². The van der Waals surface area contributed by atoms with Crippen molar-refractivity contribution in [1.29, 1.82) is 0 Å². The Morgan fingerprint density at radius 2 is 1.58 bits per heavy atom. The molecule has 9 atom stereocenters. The Kier molecular flexibility index (Phi) is 8.84. The number of carbonyl (C=O) groups is 1. The number of aromatic hydroxyl groups is 3. The summed E-state index contributed by atoms with van der Waals surface area (Å²) in [4.78, 5) is 12.8. The van der Waals surface area contributed by atoms with Crippen molar-refractivity contribution >= 4 is 12.0 Å². The minimum absolute atomic E-state index is 0.0105. The Balaban J connectivity index is 1.20. The molecule has 0 radical (unpaired) electrons. The van der Waals surface area contributed by atoms with Gasteiger partial charge in [-0.15, -0.1) is 0 Å². The van der Waals surface area contributed by atoms with Crippen LogP contribution in [0.15, 0.2) is 78.3 Å². The monoisotopic (exact) mass is 692 g/mol. The molecule has 0 saturated carbocycles. The van der Waals surface area contributed by atoms with Crippen LogP contribution in [0.25, 0.3) is 6.08 Å². The van der Waals surface area contributed by atoms with E-state index in [0.29, 0.717) is 11.1 Å². The molecule has 4 heterocycles. The zero-order valence-electron chi connectivity index (χ0n) is 26.9. The van der Waals surface area contributed by atoms with Crippen molar-refractivity contribution in [2.24, 2.45) is 0 Å². The highest BCUT2D eigenvalue weighted by atomic mass is 16.8. The first-order chi connectivity index (χ1) is 23.9. The van der Waals surface area contributed by atoms with Crippen LogP contribution in [0.1, 0.15) is 35.3 Å². The first kappa shape index (κ1) is 33.7. The molecule has 1 fully saturated rings. The second kappa shape index (κ2) is 13.1. The van der Waals surface area contributed by atoms with Crippen LogP contribution in [0, 0.1) is 6.92 Å². The van der Waals surface area contributed by atoms with Crippen LogP contribution < -0.4 is 4.74 Å². The summed E-state index contributed by atoms with van der Waals surface area (Å²) in [5, 5.41) is 63.7. The predicted octanol–water partition coefficient (Wildman–Crippen LogP) is 2.52. The molecule has 1 saturated heterocycles. The van der Waals surface area contributed by atoms with E-state index < -0.39 is 60.8 Å². The number of esters is 1. The molecule has 7 rings (SSSR count). The molecule has 3 aromatic rings. The van der Waals surface area contributed by atoms with Crippen LogP contribution in [0.4, 0.5) is 0 Å². The largest absolute Gasteiger partial charge is 0.508 e. The average molecular weight is 693 g/mol. The molecule has 4 aliphatic rings. The summed E-state index contributed by atoms with van der Waals surface area (Å²) in [5.74, 6) is -3.14. The molecule has 14 nitrogen and oxygen atoms in total. The summed E-state index contributed by atoms with van der Waals surface area (Å²) in [7, 11) is 0. The smallest absolute Gasteiger partial charge is 0.378 e. The van der Waals surface area contributed by atoms with E-state index in [9.17, 15) is 35.4 Å². The lowest BCUT2D eigenvalue weighted by atomic mass is 9.87. The summed E-state index contributed by atoms with van der Waals surface area (Å²) in [5.41, 5.74) is 1.89. The maximum absolute atomic E-state index is 12.8. The number of phenols is 3. The fraction of sp³-hybridized carbons (Fsp3) is 0.361. The number of aryl methyl sites for hydroxylation is 1. The van der Waals surface area contributed by atoms with Gasteiger partial charge in [0.15, 0.2) is 30.4 Å². The molecule has 0 bridgehead atoms. The Morgan fingerprint density at radius 1 is 0.880 bits per heavy atom. The maximum Gasteiger partial charge on any atom is 0.378 e. The number of aliphatic hydroxyl groups is 3. The third kappa shape index (κ3) is 5.99. The molecule has 0 amide bonds. The van der Waals surface area contributed by atoms with Gasteiger partial charge in [-0.1, -0.05) is 36.4 Å². The Bertz CT molecular complexity index is 1800. The van der Waals surface area contributed by atoms with Crippen molar-refractivity contribution in [3.05, 3.63) is 101 Å². The highest BCUT2D eigenvalue weighted by Crippen LogP contribution is 2.58. The van der Waals surface area contributed by atoms with Gasteiger partial charge in [0.2, 0.25) is 0 Å². The van der Waals surface area contributed by atoms with Gasteiger partial charge >= 0.3 is 11.8 Å². The Labute approximate surface area is 285 Å². The summed E-state index contributed by atoms with van der Waals surface area (Å²) in [6.07, 6.45) is -7.92. The number of rotatable bonds is 8. The van der Waals surface area contributed by atoms with Gasteiger partial charge in [-0.25, -0.2) is 4.79 Å². The van der Waals surface area contributed by atoms with E-state index in [4.69, 9.17) is 33.2 Å². The highest BCUT2D eigenvalue weighted by molar-refractivity contribution is 5.90. The molecule has 50 heavy (non-hydrogen) atoms. The SMILES string of the molecule is Cc1cc(O)c2c(c1)OC(c1ccc(O)cc1)C(OC1OC(COC/C=C/c3ccc(O)cc3)C(O)C(O)C1O)C21OC2=C(O1)C(C)OC2=O. The molecule has 1 spiro atoms. The zero-order chi connectivity index (χ0) is 35.3. The molecule has 14 heteroatoms. The van der Waals surface area contributed by atoms with Crippen molar-refractivity contribution in [2.45, 2.75) is 68.7 Å². The quantitative estimate of drug-likeness (QED) is 0.148. The lowest BCUT2D eigenvalue weighted by Crippen LogP contribution is -2.62. The highest BCUT2D eigenvalue weighted by Gasteiger charge is 2.65. The van der Waals surface area contributed by atoms with Crippen molar-refractivity contribution in [1.82, 2.24) is 0 Å². The van der Waals surface area contributed by atoms with E-state index in [1.165, 1.54) is 18.2 Å². The fourth-order valence-electron chi connectivity index (χ4n) is 6.45. The van der Waals surface area contributed by atoms with Gasteiger partial charge in [-0.2, -0.15) is 0 Å². The second-order valence-electron chi connectivity index (χ2n) is 12.5. The van der Waals surface area contributed by atoms with Crippen molar-refractivity contribution in [3.63, 3.8) is 0 Å². The Hall–Kier alpha value is -4.83. The van der Waals surface area contributed by atoms with Crippen LogP contribution in [-0.2, 0) is 39.0 Å². The Morgan fingerprint density at radius 3 is 2.28 bits per heavy atom. The maximum atomic E-state index is 12.8. The number of fused-ring (bicyclic) bond motifs is 2. The van der Waals surface area contributed by atoms with E-state index >= 15 is 0 Å². The topological polar surface area (TPSA) is 203 Å². The lowest BCUT2D eigenvalue weighted by molar-refractivity contribution is -0.360. The summed E-state index contributed by atoms with van der Waals surface area (Å²) < 4.78 is 42.6. The number of hydrogen-bond acceptors (Lipinski definition) is 14. The van der Waals surface area contributed by atoms with E-state index in [0.717, 1.165) is 5.56 Å². The van der Waals surface area contributed by atoms with Gasteiger partial charge in [0, 0.05) is 0 Å². The number of benzene rings is 3. The number of cyclic esters (lactones) is 1. The zero-order valence-corrected chi connectivity index (χ0v) is 26.9. The van der Waals surface area contributed by atoms with Crippen LogP contribution in [0.3, 0.4) is 0 Å². The van der Waals surface area contributed by atoms with Gasteiger partial charge in [-0.3, -0.25) is 0 Å². The number of ether oxygens (including phenoxy) is 7.